The molecule has 1 aliphatic heterocycles. The molecule has 2 rings (SSSR count). The van der Waals surface area contributed by atoms with Crippen LogP contribution in [0.1, 0.15) is 39.0 Å². The molecule has 2 N–H and O–H groups in total. The first-order valence-corrected chi connectivity index (χ1v) is 6.76. The number of hydrogen-bond acceptors (Lipinski definition) is 5. The Morgan fingerprint density at radius 3 is 2.84 bits per heavy atom. The van der Waals surface area contributed by atoms with Crippen LogP contribution in [0.5, 0.6) is 0 Å². The van der Waals surface area contributed by atoms with Gasteiger partial charge in [-0.05, 0) is 39.0 Å². The van der Waals surface area contributed by atoms with E-state index < -0.39 is 17.4 Å². The number of Topliss-reactive ketones (excluding diaryl/α,β-unsaturated/α-hetero) is 1. The third-order valence-corrected chi connectivity index (χ3v) is 4.20. The van der Waals surface area contributed by atoms with Crippen LogP contribution in [0, 0.1) is 5.92 Å². The zero-order valence-electron chi connectivity index (χ0n) is 11.4. The average Bonchev–Trinajstić information content (AvgIpc) is 2.75. The normalized spacial score (nSPS) is 34.4. The monoisotopic (exact) mass is 267 g/mol. The smallest absolute Gasteiger partial charge is 0.379 e. The van der Waals surface area contributed by atoms with Crippen LogP contribution in [0.4, 0.5) is 0 Å². The van der Waals surface area contributed by atoms with Gasteiger partial charge in [-0.2, -0.15) is 0 Å². The van der Waals surface area contributed by atoms with Crippen LogP contribution in [0.3, 0.4) is 0 Å². The van der Waals surface area contributed by atoms with E-state index in [1.54, 1.807) is 6.20 Å². The van der Waals surface area contributed by atoms with E-state index in [1.807, 2.05) is 6.92 Å². The summed E-state index contributed by atoms with van der Waals surface area (Å²) in [5, 5.41) is 13.3. The molecule has 2 aliphatic rings. The predicted molar refractivity (Wildman–Crippen MR) is 69.2 cm³/mol. The highest BCUT2D eigenvalue weighted by atomic mass is 16.5. The van der Waals surface area contributed by atoms with Crippen molar-refractivity contribution in [3.05, 3.63) is 11.8 Å². The van der Waals surface area contributed by atoms with Gasteiger partial charge in [-0.25, -0.2) is 4.79 Å². The Morgan fingerprint density at radius 1 is 1.42 bits per heavy atom. The van der Waals surface area contributed by atoms with Crippen molar-refractivity contribution in [3.63, 3.8) is 0 Å². The Balaban J connectivity index is 2.08. The largest absolute Gasteiger partial charge is 0.463 e. The highest BCUT2D eigenvalue weighted by molar-refractivity contribution is 6.40. The lowest BCUT2D eigenvalue weighted by Crippen LogP contribution is -2.36. The highest BCUT2D eigenvalue weighted by Crippen LogP contribution is 2.35. The summed E-state index contributed by atoms with van der Waals surface area (Å²) in [5.74, 6) is -1.29. The summed E-state index contributed by atoms with van der Waals surface area (Å²) in [6.45, 7) is 1.86. The van der Waals surface area contributed by atoms with E-state index >= 15 is 0 Å². The number of carbonyl (C=O) groups is 2. The fourth-order valence-corrected chi connectivity index (χ4v) is 3.02. The van der Waals surface area contributed by atoms with E-state index in [1.165, 1.54) is 7.11 Å². The maximum Gasteiger partial charge on any atom is 0.379 e. The van der Waals surface area contributed by atoms with Crippen molar-refractivity contribution >= 4 is 11.8 Å². The van der Waals surface area contributed by atoms with Crippen LogP contribution in [-0.4, -0.2) is 35.6 Å². The number of ether oxygens (including phenoxy) is 1. The Hall–Kier alpha value is -1.36. The topological polar surface area (TPSA) is 75.6 Å². The molecule has 0 spiro atoms. The molecule has 0 aromatic carbocycles. The number of hydrogen-bond donors (Lipinski definition) is 2. The number of ketones is 1. The van der Waals surface area contributed by atoms with Crippen molar-refractivity contribution in [2.45, 2.75) is 50.7 Å². The molecule has 19 heavy (non-hydrogen) atoms. The number of nitrogens with one attached hydrogen (secondary N) is 1. The lowest BCUT2D eigenvalue weighted by atomic mass is 9.79. The van der Waals surface area contributed by atoms with Crippen LogP contribution in [0.15, 0.2) is 11.8 Å². The standard InChI is InChI=1S/C14H21NO4/c1-14(18)6-3-4-9-10(12(16)13(17)19-2)8-15-11(9)5-7-14/h8-9,11,15,18H,3-7H2,1-2H3. The highest BCUT2D eigenvalue weighted by Gasteiger charge is 2.38. The summed E-state index contributed by atoms with van der Waals surface area (Å²) >= 11 is 0. The van der Waals surface area contributed by atoms with Gasteiger partial charge in [-0.15, -0.1) is 0 Å². The van der Waals surface area contributed by atoms with Crippen LogP contribution in [-0.2, 0) is 14.3 Å². The van der Waals surface area contributed by atoms with E-state index in [4.69, 9.17) is 0 Å². The Morgan fingerprint density at radius 2 is 2.16 bits per heavy atom. The summed E-state index contributed by atoms with van der Waals surface area (Å²) < 4.78 is 4.50. The first kappa shape index (κ1) is 14.1. The van der Waals surface area contributed by atoms with Gasteiger partial charge in [0.2, 0.25) is 0 Å². The van der Waals surface area contributed by atoms with Gasteiger partial charge in [-0.3, -0.25) is 4.79 Å². The second-order valence-corrected chi connectivity index (χ2v) is 5.73. The predicted octanol–water partition coefficient (Wildman–Crippen LogP) is 0.915. The van der Waals surface area contributed by atoms with Crippen LogP contribution in [0.25, 0.3) is 0 Å². The first-order chi connectivity index (χ1) is 8.94. The van der Waals surface area contributed by atoms with Crippen LogP contribution >= 0.6 is 0 Å². The van der Waals surface area contributed by atoms with Crippen molar-refractivity contribution in [2.75, 3.05) is 7.11 Å². The summed E-state index contributed by atoms with van der Waals surface area (Å²) in [4.78, 5) is 23.3. The molecule has 106 valence electrons. The SMILES string of the molecule is COC(=O)C(=O)C1=CNC2CCC(C)(O)CCCC12. The lowest BCUT2D eigenvalue weighted by Gasteiger charge is -2.31. The van der Waals surface area contributed by atoms with Gasteiger partial charge in [0, 0.05) is 23.7 Å². The van der Waals surface area contributed by atoms with Crippen LogP contribution in [0.2, 0.25) is 0 Å². The quantitative estimate of drug-likeness (QED) is 0.574. The van der Waals surface area contributed by atoms with Crippen molar-refractivity contribution in [1.29, 1.82) is 0 Å². The zero-order chi connectivity index (χ0) is 14.0. The number of fused-ring (bicyclic) bond motifs is 1. The number of aliphatic hydroxyl groups is 1. The second kappa shape index (κ2) is 5.33. The van der Waals surface area contributed by atoms with Crippen LogP contribution < -0.4 is 5.32 Å². The Kier molecular flexibility index (Phi) is 3.94. The minimum Gasteiger partial charge on any atom is -0.463 e. The Bertz CT molecular complexity index is 414. The molecule has 0 bridgehead atoms. The first-order valence-electron chi connectivity index (χ1n) is 6.76. The molecule has 5 heteroatoms. The summed E-state index contributed by atoms with van der Waals surface area (Å²) in [6, 6.07) is 0.135. The fraction of sp³-hybridized carbons (Fsp3) is 0.714. The molecule has 0 aromatic rings. The van der Waals surface area contributed by atoms with Crippen molar-refractivity contribution < 1.29 is 19.4 Å². The van der Waals surface area contributed by atoms with Gasteiger partial charge >= 0.3 is 5.97 Å². The van der Waals surface area contributed by atoms with Gasteiger partial charge in [0.25, 0.3) is 5.78 Å². The molecular formula is C14H21NO4. The molecule has 0 aromatic heterocycles. The summed E-state index contributed by atoms with van der Waals surface area (Å²) in [7, 11) is 1.22. The zero-order valence-corrected chi connectivity index (χ0v) is 11.4. The molecule has 0 saturated heterocycles. The molecule has 0 radical (unpaired) electrons. The van der Waals surface area contributed by atoms with Crippen molar-refractivity contribution in [3.8, 4) is 0 Å². The third kappa shape index (κ3) is 2.97. The van der Waals surface area contributed by atoms with Gasteiger partial charge < -0.3 is 15.2 Å². The number of rotatable bonds is 2. The van der Waals surface area contributed by atoms with Crippen molar-refractivity contribution in [2.24, 2.45) is 5.92 Å². The fourth-order valence-electron chi connectivity index (χ4n) is 3.02. The Labute approximate surface area is 113 Å². The minimum absolute atomic E-state index is 0.0581. The van der Waals surface area contributed by atoms with E-state index in [-0.39, 0.29) is 12.0 Å². The van der Waals surface area contributed by atoms with Gasteiger partial charge in [0.05, 0.1) is 12.7 Å². The van der Waals surface area contributed by atoms with E-state index in [0.29, 0.717) is 12.0 Å². The van der Waals surface area contributed by atoms with E-state index in [0.717, 1.165) is 25.7 Å². The summed E-state index contributed by atoms with van der Waals surface area (Å²) in [6.07, 6.45) is 5.54. The molecule has 3 atom stereocenters. The molecule has 5 nitrogen and oxygen atoms in total. The molecule has 1 fully saturated rings. The maximum absolute atomic E-state index is 11.9. The second-order valence-electron chi connectivity index (χ2n) is 5.73. The molecule has 1 aliphatic carbocycles. The van der Waals surface area contributed by atoms with Gasteiger partial charge in [0.15, 0.2) is 0 Å². The molecular weight excluding hydrogens is 246 g/mol. The average molecular weight is 267 g/mol. The molecule has 0 amide bonds. The van der Waals surface area contributed by atoms with Crippen molar-refractivity contribution in [1.82, 2.24) is 5.32 Å². The van der Waals surface area contributed by atoms with E-state index in [9.17, 15) is 14.7 Å². The molecule has 1 saturated carbocycles. The summed E-state index contributed by atoms with van der Waals surface area (Å²) in [5.41, 5.74) is -0.0970. The van der Waals surface area contributed by atoms with Gasteiger partial charge in [-0.1, -0.05) is 0 Å². The van der Waals surface area contributed by atoms with Gasteiger partial charge in [0.1, 0.15) is 0 Å². The lowest BCUT2D eigenvalue weighted by molar-refractivity contribution is -0.150. The third-order valence-electron chi connectivity index (χ3n) is 4.20. The number of esters is 1. The number of carbonyl (C=O) groups excluding carboxylic acids is 2. The number of methoxy groups -OCH3 is 1. The molecule has 1 heterocycles. The molecule has 3 unspecified atom stereocenters. The maximum atomic E-state index is 11.9. The van der Waals surface area contributed by atoms with E-state index in [2.05, 4.69) is 10.1 Å². The minimum atomic E-state index is -0.803.